The Morgan fingerprint density at radius 2 is 1.63 bits per heavy atom. The van der Waals surface area contributed by atoms with Gasteiger partial charge in [0.25, 0.3) is 0 Å². The zero-order valence-electron chi connectivity index (χ0n) is 12.0. The van der Waals surface area contributed by atoms with Gasteiger partial charge in [-0.3, -0.25) is 0 Å². The molecule has 0 saturated heterocycles. The van der Waals surface area contributed by atoms with Crippen LogP contribution in [0.2, 0.25) is 0 Å². The van der Waals surface area contributed by atoms with Crippen LogP contribution in [-0.4, -0.2) is 7.05 Å². The van der Waals surface area contributed by atoms with E-state index in [0.717, 1.165) is 17.7 Å². The molecule has 0 bridgehead atoms. The van der Waals surface area contributed by atoms with Crippen LogP contribution in [0.25, 0.3) is 11.1 Å². The molecule has 0 atom stereocenters. The van der Waals surface area contributed by atoms with Crippen LogP contribution in [0.5, 0.6) is 0 Å². The van der Waals surface area contributed by atoms with E-state index in [1.807, 2.05) is 26.1 Å². The van der Waals surface area contributed by atoms with Gasteiger partial charge < -0.3 is 5.32 Å². The molecule has 2 heteroatoms. The highest BCUT2D eigenvalue weighted by Gasteiger charge is 2.09. The molecule has 1 nitrogen and oxygen atoms in total. The smallest absolute Gasteiger partial charge is 0.131 e. The van der Waals surface area contributed by atoms with Crippen molar-refractivity contribution in [1.82, 2.24) is 5.32 Å². The van der Waals surface area contributed by atoms with E-state index < -0.39 is 0 Å². The SMILES string of the molecule is CNCc1c(C)cc(-c2ccc(C)cc2F)cc1C. The van der Waals surface area contributed by atoms with E-state index in [4.69, 9.17) is 0 Å². The molecule has 2 aromatic rings. The van der Waals surface area contributed by atoms with Gasteiger partial charge in [-0.15, -0.1) is 0 Å². The quantitative estimate of drug-likeness (QED) is 0.871. The molecule has 2 aromatic carbocycles. The number of halogens is 1. The molecule has 19 heavy (non-hydrogen) atoms. The van der Waals surface area contributed by atoms with Crippen molar-refractivity contribution in [1.29, 1.82) is 0 Å². The summed E-state index contributed by atoms with van der Waals surface area (Å²) >= 11 is 0. The second kappa shape index (κ2) is 5.54. The first-order valence-electron chi connectivity index (χ1n) is 6.54. The minimum atomic E-state index is -0.153. The first kappa shape index (κ1) is 13.8. The van der Waals surface area contributed by atoms with Crippen LogP contribution in [0, 0.1) is 26.6 Å². The number of nitrogens with one attached hydrogen (secondary N) is 1. The Hall–Kier alpha value is -1.67. The van der Waals surface area contributed by atoms with E-state index in [9.17, 15) is 4.39 Å². The zero-order valence-corrected chi connectivity index (χ0v) is 12.0. The monoisotopic (exact) mass is 257 g/mol. The molecule has 2 rings (SSSR count). The van der Waals surface area contributed by atoms with Gasteiger partial charge >= 0.3 is 0 Å². The number of rotatable bonds is 3. The standard InChI is InChI=1S/C17H20FN/c1-11-5-6-15(17(18)7-11)14-8-12(2)16(10-19-4)13(3)9-14/h5-9,19H,10H2,1-4H3. The van der Waals surface area contributed by atoms with Gasteiger partial charge in [0.1, 0.15) is 5.82 Å². The summed E-state index contributed by atoms with van der Waals surface area (Å²) < 4.78 is 14.0. The Labute approximate surface area is 114 Å². The molecule has 0 aliphatic rings. The maximum atomic E-state index is 14.0. The second-order valence-corrected chi connectivity index (χ2v) is 5.10. The Morgan fingerprint density at radius 1 is 1.00 bits per heavy atom. The average molecular weight is 257 g/mol. The Balaban J connectivity index is 2.52. The fraction of sp³-hybridized carbons (Fsp3) is 0.294. The lowest BCUT2D eigenvalue weighted by atomic mass is 9.95. The van der Waals surface area contributed by atoms with Crippen LogP contribution in [0.4, 0.5) is 4.39 Å². The summed E-state index contributed by atoms with van der Waals surface area (Å²) in [6, 6.07) is 9.52. The fourth-order valence-corrected chi connectivity index (χ4v) is 2.46. The van der Waals surface area contributed by atoms with Crippen molar-refractivity contribution in [3.8, 4) is 11.1 Å². The molecule has 1 N–H and O–H groups in total. The summed E-state index contributed by atoms with van der Waals surface area (Å²) in [6.45, 7) is 6.90. The number of hydrogen-bond acceptors (Lipinski definition) is 1. The number of aryl methyl sites for hydroxylation is 3. The van der Waals surface area contributed by atoms with Crippen molar-refractivity contribution in [3.05, 3.63) is 58.4 Å². The van der Waals surface area contributed by atoms with Crippen LogP contribution in [-0.2, 0) is 6.54 Å². The van der Waals surface area contributed by atoms with E-state index in [0.29, 0.717) is 5.56 Å². The van der Waals surface area contributed by atoms with Crippen molar-refractivity contribution >= 4 is 0 Å². The second-order valence-electron chi connectivity index (χ2n) is 5.10. The predicted octanol–water partition coefficient (Wildman–Crippen LogP) is 4.14. The highest BCUT2D eigenvalue weighted by molar-refractivity contribution is 5.67. The van der Waals surface area contributed by atoms with Crippen molar-refractivity contribution in [2.75, 3.05) is 7.05 Å². The van der Waals surface area contributed by atoms with E-state index in [1.54, 1.807) is 6.07 Å². The molecular weight excluding hydrogens is 237 g/mol. The van der Waals surface area contributed by atoms with E-state index in [-0.39, 0.29) is 5.82 Å². The highest BCUT2D eigenvalue weighted by Crippen LogP contribution is 2.27. The molecule has 0 radical (unpaired) electrons. The van der Waals surface area contributed by atoms with E-state index in [1.165, 1.54) is 16.7 Å². The minimum absolute atomic E-state index is 0.153. The third-order valence-electron chi connectivity index (χ3n) is 3.49. The molecule has 0 aliphatic carbocycles. The van der Waals surface area contributed by atoms with Gasteiger partial charge in [0.2, 0.25) is 0 Å². The van der Waals surface area contributed by atoms with Crippen molar-refractivity contribution in [2.45, 2.75) is 27.3 Å². The molecule has 0 spiro atoms. The summed E-state index contributed by atoms with van der Waals surface area (Å²) in [6.07, 6.45) is 0. The Bertz CT molecular complexity index is 579. The Kier molecular flexibility index (Phi) is 4.01. The van der Waals surface area contributed by atoms with Gasteiger partial charge in [0, 0.05) is 12.1 Å². The van der Waals surface area contributed by atoms with Crippen LogP contribution >= 0.6 is 0 Å². The molecule has 0 heterocycles. The number of hydrogen-bond donors (Lipinski definition) is 1. The lowest BCUT2D eigenvalue weighted by molar-refractivity contribution is 0.630. The van der Waals surface area contributed by atoms with Gasteiger partial charge in [-0.05, 0) is 61.7 Å². The molecule has 0 fully saturated rings. The highest BCUT2D eigenvalue weighted by atomic mass is 19.1. The molecule has 100 valence electrons. The maximum absolute atomic E-state index is 14.0. The van der Waals surface area contributed by atoms with E-state index in [2.05, 4.69) is 31.3 Å². The molecule has 0 amide bonds. The van der Waals surface area contributed by atoms with E-state index >= 15 is 0 Å². The third-order valence-corrected chi connectivity index (χ3v) is 3.49. The largest absolute Gasteiger partial charge is 0.316 e. The van der Waals surface area contributed by atoms with Crippen molar-refractivity contribution < 1.29 is 4.39 Å². The van der Waals surface area contributed by atoms with Crippen LogP contribution in [0.15, 0.2) is 30.3 Å². The van der Waals surface area contributed by atoms with Crippen molar-refractivity contribution in [3.63, 3.8) is 0 Å². The van der Waals surface area contributed by atoms with Crippen LogP contribution < -0.4 is 5.32 Å². The molecular formula is C17H20FN. The predicted molar refractivity (Wildman–Crippen MR) is 78.8 cm³/mol. The zero-order chi connectivity index (χ0) is 14.0. The van der Waals surface area contributed by atoms with Gasteiger partial charge in [-0.1, -0.05) is 24.3 Å². The van der Waals surface area contributed by atoms with Gasteiger partial charge in [-0.2, -0.15) is 0 Å². The summed E-state index contributed by atoms with van der Waals surface area (Å²) in [4.78, 5) is 0. The molecule has 0 aromatic heterocycles. The first-order chi connectivity index (χ1) is 9.02. The van der Waals surface area contributed by atoms with Gasteiger partial charge in [0.15, 0.2) is 0 Å². The lowest BCUT2D eigenvalue weighted by Gasteiger charge is -2.13. The number of benzene rings is 2. The van der Waals surface area contributed by atoms with Gasteiger partial charge in [-0.25, -0.2) is 4.39 Å². The minimum Gasteiger partial charge on any atom is -0.316 e. The van der Waals surface area contributed by atoms with Crippen LogP contribution in [0.3, 0.4) is 0 Å². The molecule has 0 unspecified atom stereocenters. The average Bonchev–Trinajstić information content (AvgIpc) is 2.33. The summed E-state index contributed by atoms with van der Waals surface area (Å²) in [5.74, 6) is -0.153. The molecule has 0 aliphatic heterocycles. The summed E-state index contributed by atoms with van der Waals surface area (Å²) in [7, 11) is 1.94. The summed E-state index contributed by atoms with van der Waals surface area (Å²) in [5, 5.41) is 3.17. The fourth-order valence-electron chi connectivity index (χ4n) is 2.46. The Morgan fingerprint density at radius 3 is 2.16 bits per heavy atom. The molecule has 0 saturated carbocycles. The lowest BCUT2D eigenvalue weighted by Crippen LogP contribution is -2.08. The normalized spacial score (nSPS) is 10.8. The topological polar surface area (TPSA) is 12.0 Å². The van der Waals surface area contributed by atoms with Gasteiger partial charge in [0.05, 0.1) is 0 Å². The van der Waals surface area contributed by atoms with Crippen LogP contribution in [0.1, 0.15) is 22.3 Å². The third kappa shape index (κ3) is 2.85. The van der Waals surface area contributed by atoms with Crippen molar-refractivity contribution in [2.24, 2.45) is 0 Å². The first-order valence-corrected chi connectivity index (χ1v) is 6.54. The summed E-state index contributed by atoms with van der Waals surface area (Å²) in [5.41, 5.74) is 6.26. The maximum Gasteiger partial charge on any atom is 0.131 e.